The fraction of sp³-hybridized carbons (Fsp3) is 0.190. The number of nitrogens with one attached hydrogen (secondary N) is 2. The minimum Gasteiger partial charge on any atom is -0.459 e. The quantitative estimate of drug-likeness (QED) is 0.504. The van der Waals surface area contributed by atoms with Crippen molar-refractivity contribution in [3.63, 3.8) is 0 Å². The fourth-order valence-corrected chi connectivity index (χ4v) is 3.67. The molecule has 7 nitrogen and oxygen atoms in total. The van der Waals surface area contributed by atoms with Crippen LogP contribution in [0.15, 0.2) is 64.9 Å². The Labute approximate surface area is 171 Å². The zero-order chi connectivity index (χ0) is 20.4. The van der Waals surface area contributed by atoms with Crippen LogP contribution >= 0.6 is 11.3 Å². The Hall–Kier alpha value is -3.39. The van der Waals surface area contributed by atoms with E-state index in [4.69, 9.17) is 4.42 Å². The van der Waals surface area contributed by atoms with Crippen LogP contribution in [0.2, 0.25) is 0 Å². The zero-order valence-electron chi connectivity index (χ0n) is 16.0. The Bertz CT molecular complexity index is 1100. The molecule has 0 radical (unpaired) electrons. The maximum atomic E-state index is 12.7. The number of carbonyl (C=O) groups excluding carboxylic acids is 2. The molecule has 0 unspecified atom stereocenters. The number of hydrogen-bond acceptors (Lipinski definition) is 5. The topological polar surface area (TPSA) is 88.6 Å². The van der Waals surface area contributed by atoms with Crippen molar-refractivity contribution >= 4 is 33.8 Å². The van der Waals surface area contributed by atoms with Gasteiger partial charge >= 0.3 is 0 Å². The van der Waals surface area contributed by atoms with Crippen LogP contribution in [0.5, 0.6) is 0 Å². The van der Waals surface area contributed by atoms with E-state index in [1.807, 2.05) is 60.3 Å². The maximum absolute atomic E-state index is 12.7. The first-order chi connectivity index (χ1) is 14.0. The second-order valence-corrected chi connectivity index (χ2v) is 7.83. The van der Waals surface area contributed by atoms with E-state index >= 15 is 0 Å². The lowest BCUT2D eigenvalue weighted by molar-refractivity contribution is -0.118. The molecule has 0 spiro atoms. The van der Waals surface area contributed by atoms with Crippen LogP contribution in [0.25, 0.3) is 16.2 Å². The first-order valence-electron chi connectivity index (χ1n) is 9.19. The lowest BCUT2D eigenvalue weighted by Crippen LogP contribution is -2.47. The third-order valence-corrected chi connectivity index (χ3v) is 5.29. The van der Waals surface area contributed by atoms with Gasteiger partial charge in [0.05, 0.1) is 12.0 Å². The molecule has 0 aliphatic rings. The average Bonchev–Trinajstić information content (AvgIpc) is 3.43. The molecule has 29 heavy (non-hydrogen) atoms. The number of anilines is 1. The van der Waals surface area contributed by atoms with Crippen molar-refractivity contribution < 1.29 is 14.0 Å². The predicted octanol–water partition coefficient (Wildman–Crippen LogP) is 4.05. The monoisotopic (exact) mass is 408 g/mol. The van der Waals surface area contributed by atoms with E-state index < -0.39 is 11.9 Å². The number of carbonyl (C=O) groups is 2. The van der Waals surface area contributed by atoms with E-state index in [1.165, 1.54) is 6.26 Å². The van der Waals surface area contributed by atoms with E-state index in [2.05, 4.69) is 15.6 Å². The van der Waals surface area contributed by atoms with Gasteiger partial charge in [0, 0.05) is 29.0 Å². The third-order valence-electron chi connectivity index (χ3n) is 4.52. The number of thiazole rings is 1. The summed E-state index contributed by atoms with van der Waals surface area (Å²) in [6.45, 7) is 3.75. The molecule has 0 aliphatic heterocycles. The second kappa shape index (κ2) is 7.92. The number of fused-ring (bicyclic) bond motifs is 1. The molecule has 3 heterocycles. The fourth-order valence-electron chi connectivity index (χ4n) is 2.97. The maximum Gasteiger partial charge on any atom is 0.287 e. The van der Waals surface area contributed by atoms with Gasteiger partial charge in [-0.1, -0.05) is 26.0 Å². The minimum absolute atomic E-state index is 0.0910. The van der Waals surface area contributed by atoms with Gasteiger partial charge in [0.2, 0.25) is 5.91 Å². The number of imidazole rings is 1. The smallest absolute Gasteiger partial charge is 0.287 e. The van der Waals surface area contributed by atoms with Gasteiger partial charge in [-0.05, 0) is 30.2 Å². The summed E-state index contributed by atoms with van der Waals surface area (Å²) in [5, 5.41) is 7.58. The van der Waals surface area contributed by atoms with Gasteiger partial charge < -0.3 is 15.1 Å². The standard InChI is InChI=1S/C21H20N4O3S/c1-13(2)18(24-19(26)17-4-3-10-28-17)20(27)22-15-7-5-14(6-8-15)16-12-25-9-11-29-21(25)23-16/h3-13,18H,1-2H3,(H,22,27)(H,24,26)/t18-/m0/s1. The number of aromatic nitrogens is 2. The van der Waals surface area contributed by atoms with Gasteiger partial charge in [-0.3, -0.25) is 14.0 Å². The van der Waals surface area contributed by atoms with Gasteiger partial charge in [-0.25, -0.2) is 4.98 Å². The molecule has 8 heteroatoms. The summed E-state index contributed by atoms with van der Waals surface area (Å²) in [4.78, 5) is 30.5. The molecule has 0 aliphatic carbocycles. The second-order valence-electron chi connectivity index (χ2n) is 6.96. The van der Waals surface area contributed by atoms with Crippen LogP contribution in [0.4, 0.5) is 5.69 Å². The summed E-state index contributed by atoms with van der Waals surface area (Å²) < 4.78 is 7.07. The number of rotatable bonds is 6. The molecule has 1 aromatic carbocycles. The molecule has 4 aromatic rings. The Balaban J connectivity index is 1.44. The Morgan fingerprint density at radius 2 is 1.97 bits per heavy atom. The number of benzene rings is 1. The Morgan fingerprint density at radius 1 is 1.17 bits per heavy atom. The van der Waals surface area contributed by atoms with Crippen LogP contribution in [0.1, 0.15) is 24.4 Å². The van der Waals surface area contributed by atoms with Crippen molar-refractivity contribution in [1.82, 2.24) is 14.7 Å². The minimum atomic E-state index is -0.688. The molecule has 0 saturated heterocycles. The van der Waals surface area contributed by atoms with Crippen molar-refractivity contribution in [2.45, 2.75) is 19.9 Å². The Kier molecular flexibility index (Phi) is 5.18. The normalized spacial score (nSPS) is 12.2. The number of furan rings is 1. The van der Waals surface area contributed by atoms with Crippen molar-refractivity contribution in [3.05, 3.63) is 66.2 Å². The molecule has 2 amide bonds. The molecule has 1 atom stereocenters. The number of nitrogens with zero attached hydrogens (tertiary/aromatic N) is 2. The molecular weight excluding hydrogens is 388 g/mol. The van der Waals surface area contributed by atoms with Gasteiger partial charge in [-0.15, -0.1) is 11.3 Å². The molecule has 0 saturated carbocycles. The first-order valence-corrected chi connectivity index (χ1v) is 10.1. The SMILES string of the molecule is CC(C)[C@H](NC(=O)c1ccco1)C(=O)Nc1ccc(-c2cn3ccsc3n2)cc1. The summed E-state index contributed by atoms with van der Waals surface area (Å²) in [5.74, 6) is -0.617. The van der Waals surface area contributed by atoms with Gasteiger partial charge in [0.15, 0.2) is 10.7 Å². The van der Waals surface area contributed by atoms with Gasteiger partial charge in [0.25, 0.3) is 5.91 Å². The van der Waals surface area contributed by atoms with E-state index in [9.17, 15) is 9.59 Å². The van der Waals surface area contributed by atoms with Crippen molar-refractivity contribution in [2.24, 2.45) is 5.92 Å². The zero-order valence-corrected chi connectivity index (χ0v) is 16.8. The highest BCUT2D eigenvalue weighted by molar-refractivity contribution is 7.15. The van der Waals surface area contributed by atoms with E-state index in [0.29, 0.717) is 5.69 Å². The van der Waals surface area contributed by atoms with Crippen LogP contribution < -0.4 is 10.6 Å². The molecule has 4 rings (SSSR count). The van der Waals surface area contributed by atoms with Crippen molar-refractivity contribution in [3.8, 4) is 11.3 Å². The number of amides is 2. The summed E-state index contributed by atoms with van der Waals surface area (Å²) in [6.07, 6.45) is 5.36. The average molecular weight is 408 g/mol. The van der Waals surface area contributed by atoms with Crippen LogP contribution in [0, 0.1) is 5.92 Å². The van der Waals surface area contributed by atoms with Gasteiger partial charge in [0.1, 0.15) is 6.04 Å². The van der Waals surface area contributed by atoms with Gasteiger partial charge in [-0.2, -0.15) is 0 Å². The van der Waals surface area contributed by atoms with Crippen LogP contribution in [0.3, 0.4) is 0 Å². The molecule has 0 bridgehead atoms. The van der Waals surface area contributed by atoms with Crippen LogP contribution in [-0.2, 0) is 4.79 Å². The molecule has 148 valence electrons. The molecule has 0 fully saturated rings. The predicted molar refractivity (Wildman–Crippen MR) is 112 cm³/mol. The number of hydrogen-bond donors (Lipinski definition) is 2. The highest BCUT2D eigenvalue weighted by Gasteiger charge is 2.25. The highest BCUT2D eigenvalue weighted by Crippen LogP contribution is 2.23. The summed E-state index contributed by atoms with van der Waals surface area (Å²) in [6, 6.07) is 9.97. The summed E-state index contributed by atoms with van der Waals surface area (Å²) in [5.41, 5.74) is 2.49. The molecule has 3 aromatic heterocycles. The largest absolute Gasteiger partial charge is 0.459 e. The summed E-state index contributed by atoms with van der Waals surface area (Å²) in [7, 11) is 0. The third kappa shape index (κ3) is 4.07. The Morgan fingerprint density at radius 3 is 2.62 bits per heavy atom. The van der Waals surface area contributed by atoms with Crippen LogP contribution in [-0.4, -0.2) is 27.2 Å². The van der Waals surface area contributed by atoms with E-state index in [-0.39, 0.29) is 17.6 Å². The molecular formula is C21H20N4O3S. The lowest BCUT2D eigenvalue weighted by Gasteiger charge is -2.21. The van der Waals surface area contributed by atoms with Crippen molar-refractivity contribution in [1.29, 1.82) is 0 Å². The highest BCUT2D eigenvalue weighted by atomic mass is 32.1. The van der Waals surface area contributed by atoms with Crippen molar-refractivity contribution in [2.75, 3.05) is 5.32 Å². The lowest BCUT2D eigenvalue weighted by atomic mass is 10.0. The first kappa shape index (κ1) is 18.9. The van der Waals surface area contributed by atoms with E-state index in [1.54, 1.807) is 23.5 Å². The van der Waals surface area contributed by atoms with E-state index in [0.717, 1.165) is 16.2 Å². The summed E-state index contributed by atoms with van der Waals surface area (Å²) >= 11 is 1.58. The molecule has 2 N–H and O–H groups in total.